The molecule has 0 saturated carbocycles. The van der Waals surface area contributed by atoms with Gasteiger partial charge in [0.2, 0.25) is 0 Å². The van der Waals surface area contributed by atoms with E-state index in [4.69, 9.17) is 4.74 Å². The van der Waals surface area contributed by atoms with Crippen molar-refractivity contribution >= 4 is 23.5 Å². The van der Waals surface area contributed by atoms with E-state index in [-0.39, 0.29) is 12.4 Å². The summed E-state index contributed by atoms with van der Waals surface area (Å²) < 4.78 is 11.1. The van der Waals surface area contributed by atoms with Gasteiger partial charge in [0, 0.05) is 12.0 Å². The number of esters is 1. The maximum atomic E-state index is 11.9. The third kappa shape index (κ3) is 3.50. The molecule has 0 unspecified atom stereocenters. The minimum absolute atomic E-state index is 0.118. The van der Waals surface area contributed by atoms with Gasteiger partial charge in [0.1, 0.15) is 12.4 Å². The van der Waals surface area contributed by atoms with Crippen LogP contribution in [-0.4, -0.2) is 35.5 Å². The van der Waals surface area contributed by atoms with E-state index in [0.717, 1.165) is 12.0 Å². The number of nitrogens with zero attached hydrogens (tertiary/aromatic N) is 2. The van der Waals surface area contributed by atoms with E-state index in [9.17, 15) is 9.59 Å². The molecule has 0 saturated heterocycles. The molecule has 0 aliphatic rings. The summed E-state index contributed by atoms with van der Waals surface area (Å²) in [6.07, 6.45) is 1.35. The number of ether oxygens (including phenoxy) is 2. The molecule has 0 bridgehead atoms. The molecule has 0 spiro atoms. The average Bonchev–Trinajstić information content (AvgIpc) is 2.90. The summed E-state index contributed by atoms with van der Waals surface area (Å²) in [5, 5.41) is 0.565. The van der Waals surface area contributed by atoms with E-state index in [0.29, 0.717) is 5.16 Å². The lowest BCUT2D eigenvalue weighted by atomic mass is 10.3. The molecule has 2 aromatic rings. The molecule has 1 aromatic carbocycles. The van der Waals surface area contributed by atoms with Crippen LogP contribution in [0.25, 0.3) is 0 Å². The maximum absolute atomic E-state index is 11.9. The molecule has 0 aliphatic carbocycles. The second kappa shape index (κ2) is 7.05. The third-order valence-corrected chi connectivity index (χ3v) is 3.65. The quantitative estimate of drug-likeness (QED) is 0.462. The van der Waals surface area contributed by atoms with Gasteiger partial charge in [0.15, 0.2) is 5.16 Å². The Bertz CT molecular complexity index is 640. The zero-order valence-corrected chi connectivity index (χ0v) is 12.4. The van der Waals surface area contributed by atoms with E-state index >= 15 is 0 Å². The van der Waals surface area contributed by atoms with Crippen molar-refractivity contribution in [1.29, 1.82) is 0 Å². The summed E-state index contributed by atoms with van der Waals surface area (Å²) in [5.74, 6) is -1.68. The van der Waals surface area contributed by atoms with Gasteiger partial charge in [-0.2, -0.15) is 0 Å². The van der Waals surface area contributed by atoms with E-state index < -0.39 is 11.8 Å². The first-order valence-corrected chi connectivity index (χ1v) is 6.89. The first-order chi connectivity index (χ1) is 10.2. The van der Waals surface area contributed by atoms with Crippen molar-refractivity contribution in [2.24, 2.45) is 0 Å². The molecule has 0 amide bonds. The summed E-state index contributed by atoms with van der Waals surface area (Å²) in [5.41, 5.74) is 0.141. The van der Waals surface area contributed by atoms with Crippen LogP contribution >= 0.6 is 11.8 Å². The lowest BCUT2D eigenvalue weighted by molar-refractivity contribution is -0.135. The lowest BCUT2D eigenvalue weighted by Crippen LogP contribution is -2.20. The lowest BCUT2D eigenvalue weighted by Gasteiger charge is -2.09. The average molecular weight is 306 g/mol. The summed E-state index contributed by atoms with van der Waals surface area (Å²) in [4.78, 5) is 28.5. The Hall–Kier alpha value is -2.12. The van der Waals surface area contributed by atoms with Crippen LogP contribution in [0.1, 0.15) is 10.5 Å². The zero-order chi connectivity index (χ0) is 15.2. The number of imidazole rings is 1. The van der Waals surface area contributed by atoms with Gasteiger partial charge in [0.05, 0.1) is 13.3 Å². The molecule has 0 N–H and O–H groups in total. The number of benzene rings is 1. The van der Waals surface area contributed by atoms with Gasteiger partial charge in [0.25, 0.3) is 5.78 Å². The number of methoxy groups -OCH3 is 2. The van der Waals surface area contributed by atoms with Crippen LogP contribution in [0.3, 0.4) is 0 Å². The van der Waals surface area contributed by atoms with Crippen molar-refractivity contribution in [2.45, 2.75) is 16.8 Å². The number of carbonyl (C=O) groups is 2. The fourth-order valence-corrected chi connectivity index (χ4v) is 2.54. The summed E-state index contributed by atoms with van der Waals surface area (Å²) in [6, 6.07) is 9.59. The summed E-state index contributed by atoms with van der Waals surface area (Å²) >= 11 is 1.38. The monoisotopic (exact) mass is 306 g/mol. The molecule has 110 valence electrons. The largest absolute Gasteiger partial charge is 0.463 e. The van der Waals surface area contributed by atoms with E-state index in [2.05, 4.69) is 9.72 Å². The highest BCUT2D eigenvalue weighted by Gasteiger charge is 2.23. The maximum Gasteiger partial charge on any atom is 0.381 e. The van der Waals surface area contributed by atoms with Crippen molar-refractivity contribution in [3.63, 3.8) is 0 Å². The molecular weight excluding hydrogens is 292 g/mol. The van der Waals surface area contributed by atoms with Crippen LogP contribution in [-0.2, 0) is 21.0 Å². The predicted molar refractivity (Wildman–Crippen MR) is 76.1 cm³/mol. The molecule has 0 atom stereocenters. The Morgan fingerprint density at radius 1 is 1.24 bits per heavy atom. The van der Waals surface area contributed by atoms with Gasteiger partial charge in [-0.3, -0.25) is 9.36 Å². The third-order valence-electron chi connectivity index (χ3n) is 2.63. The fraction of sp³-hybridized carbons (Fsp3) is 0.214. The molecule has 0 fully saturated rings. The van der Waals surface area contributed by atoms with Crippen LogP contribution in [0.5, 0.6) is 0 Å². The molecule has 21 heavy (non-hydrogen) atoms. The van der Waals surface area contributed by atoms with Crippen LogP contribution in [0, 0.1) is 0 Å². The van der Waals surface area contributed by atoms with Crippen LogP contribution in [0.15, 0.2) is 46.6 Å². The van der Waals surface area contributed by atoms with Crippen LogP contribution < -0.4 is 0 Å². The molecule has 7 heteroatoms. The van der Waals surface area contributed by atoms with Crippen molar-refractivity contribution in [3.05, 3.63) is 42.2 Å². The van der Waals surface area contributed by atoms with Crippen LogP contribution in [0.4, 0.5) is 0 Å². The SMILES string of the molecule is COCn1c(C(=O)C(=O)OC)cnc1Sc1ccccc1. The topological polar surface area (TPSA) is 70.4 Å². The number of hydrogen-bond donors (Lipinski definition) is 0. The van der Waals surface area contributed by atoms with Crippen molar-refractivity contribution in [2.75, 3.05) is 14.2 Å². The first kappa shape index (κ1) is 15.3. The van der Waals surface area contributed by atoms with E-state index in [1.54, 1.807) is 0 Å². The highest BCUT2D eigenvalue weighted by Crippen LogP contribution is 2.27. The molecule has 0 radical (unpaired) electrons. The Morgan fingerprint density at radius 2 is 1.95 bits per heavy atom. The van der Waals surface area contributed by atoms with Crippen molar-refractivity contribution < 1.29 is 19.1 Å². The highest BCUT2D eigenvalue weighted by atomic mass is 32.2. The van der Waals surface area contributed by atoms with Gasteiger partial charge in [-0.1, -0.05) is 30.0 Å². The number of ketones is 1. The zero-order valence-electron chi connectivity index (χ0n) is 11.6. The second-order valence-electron chi connectivity index (χ2n) is 4.01. The van der Waals surface area contributed by atoms with Gasteiger partial charge < -0.3 is 9.47 Å². The van der Waals surface area contributed by atoms with Gasteiger partial charge >= 0.3 is 5.97 Å². The summed E-state index contributed by atoms with van der Waals surface area (Å²) in [7, 11) is 2.67. The Morgan fingerprint density at radius 3 is 2.57 bits per heavy atom. The second-order valence-corrected chi connectivity index (χ2v) is 5.05. The molecular formula is C14H14N2O4S. The van der Waals surface area contributed by atoms with Gasteiger partial charge in [-0.25, -0.2) is 9.78 Å². The summed E-state index contributed by atoms with van der Waals surface area (Å²) in [6.45, 7) is 0.118. The Kier molecular flexibility index (Phi) is 5.13. The minimum Gasteiger partial charge on any atom is -0.463 e. The molecule has 2 rings (SSSR count). The number of Topliss-reactive ketones (excluding diaryl/α,β-unsaturated/α-hetero) is 1. The number of aromatic nitrogens is 2. The Labute approximate surface area is 126 Å². The Balaban J connectivity index is 2.32. The molecule has 0 aliphatic heterocycles. The number of rotatable bonds is 6. The van der Waals surface area contributed by atoms with Crippen molar-refractivity contribution in [3.8, 4) is 0 Å². The number of carbonyl (C=O) groups excluding carboxylic acids is 2. The van der Waals surface area contributed by atoms with Crippen LogP contribution in [0.2, 0.25) is 0 Å². The highest BCUT2D eigenvalue weighted by molar-refractivity contribution is 7.99. The van der Waals surface area contributed by atoms with Crippen molar-refractivity contribution in [1.82, 2.24) is 9.55 Å². The van der Waals surface area contributed by atoms with Gasteiger partial charge in [-0.15, -0.1) is 0 Å². The molecule has 1 heterocycles. The molecule has 1 aromatic heterocycles. The van der Waals surface area contributed by atoms with Gasteiger partial charge in [-0.05, 0) is 12.1 Å². The van der Waals surface area contributed by atoms with E-state index in [1.165, 1.54) is 29.6 Å². The van der Waals surface area contributed by atoms with E-state index in [1.807, 2.05) is 30.3 Å². The normalized spacial score (nSPS) is 10.4. The first-order valence-electron chi connectivity index (χ1n) is 6.07. The standard InChI is InChI=1S/C14H14N2O4S/c1-19-9-16-11(12(17)13(18)20-2)8-15-14(16)21-10-6-4-3-5-7-10/h3-8H,9H2,1-2H3. The fourth-order valence-electron chi connectivity index (χ4n) is 1.67. The predicted octanol–water partition coefficient (Wildman–Crippen LogP) is 1.99. The minimum atomic E-state index is -0.927. The molecule has 6 nitrogen and oxygen atoms in total. The number of hydrogen-bond acceptors (Lipinski definition) is 6. The smallest absolute Gasteiger partial charge is 0.381 e.